The number of hydrogen-bond donors (Lipinski definition) is 1. The molecule has 0 aromatic carbocycles. The smallest absolute Gasteiger partial charge is 0.161 e. The van der Waals surface area contributed by atoms with Crippen molar-refractivity contribution in [3.63, 3.8) is 0 Å². The topological polar surface area (TPSA) is 48.3 Å². The highest BCUT2D eigenvalue weighted by atomic mass is 16.5. The molecule has 5 nitrogen and oxygen atoms in total. The summed E-state index contributed by atoms with van der Waals surface area (Å²) in [6.45, 7) is 0. The van der Waals surface area contributed by atoms with Crippen LogP contribution in [0.3, 0.4) is 0 Å². The fourth-order valence-electron chi connectivity index (χ4n) is 3.15. The van der Waals surface area contributed by atoms with Crippen LogP contribution in [0.5, 0.6) is 5.75 Å². The lowest BCUT2D eigenvalue weighted by molar-refractivity contribution is -0.0373. The van der Waals surface area contributed by atoms with Gasteiger partial charge in [0, 0.05) is 14.2 Å². The van der Waals surface area contributed by atoms with Gasteiger partial charge in [0.2, 0.25) is 0 Å². The minimum atomic E-state index is -0.143. The van der Waals surface area contributed by atoms with Crippen LogP contribution >= 0.6 is 0 Å². The first-order chi connectivity index (χ1) is 8.68. The monoisotopic (exact) mass is 253 g/mol. The van der Waals surface area contributed by atoms with Gasteiger partial charge < -0.3 is 14.8 Å². The Balaban J connectivity index is 2.40. The molecule has 1 N–H and O–H groups in total. The van der Waals surface area contributed by atoms with Crippen LogP contribution in [-0.4, -0.2) is 36.6 Å². The Morgan fingerprint density at radius 1 is 1.39 bits per heavy atom. The molecule has 0 aliphatic heterocycles. The lowest BCUT2D eigenvalue weighted by Crippen LogP contribution is -2.43. The number of rotatable bonds is 5. The molecule has 0 radical (unpaired) electrons. The Morgan fingerprint density at radius 3 is 2.56 bits per heavy atom. The van der Waals surface area contributed by atoms with Crippen molar-refractivity contribution >= 4 is 0 Å². The summed E-state index contributed by atoms with van der Waals surface area (Å²) in [7, 11) is 7.40. The van der Waals surface area contributed by atoms with Crippen LogP contribution in [0.25, 0.3) is 0 Å². The van der Waals surface area contributed by atoms with Crippen molar-refractivity contribution in [1.82, 2.24) is 15.1 Å². The van der Waals surface area contributed by atoms with E-state index in [1.54, 1.807) is 20.4 Å². The van der Waals surface area contributed by atoms with E-state index in [0.717, 1.165) is 24.3 Å². The van der Waals surface area contributed by atoms with Gasteiger partial charge in [-0.05, 0) is 19.9 Å². The van der Waals surface area contributed by atoms with E-state index in [2.05, 4.69) is 10.4 Å². The predicted molar refractivity (Wildman–Crippen MR) is 69.8 cm³/mol. The van der Waals surface area contributed by atoms with Crippen LogP contribution in [0.1, 0.15) is 37.4 Å². The van der Waals surface area contributed by atoms with E-state index in [1.165, 1.54) is 12.8 Å². The predicted octanol–water partition coefficient (Wildman–Crippen LogP) is 1.65. The van der Waals surface area contributed by atoms with Gasteiger partial charge in [-0.25, -0.2) is 0 Å². The molecule has 1 aliphatic rings. The van der Waals surface area contributed by atoms with E-state index >= 15 is 0 Å². The molecule has 0 bridgehead atoms. The molecule has 1 atom stereocenters. The van der Waals surface area contributed by atoms with Crippen LogP contribution in [0.4, 0.5) is 0 Å². The summed E-state index contributed by atoms with van der Waals surface area (Å²) in [6.07, 6.45) is 6.34. The van der Waals surface area contributed by atoms with Gasteiger partial charge in [-0.3, -0.25) is 4.68 Å². The first kappa shape index (κ1) is 13.4. The largest absolute Gasteiger partial charge is 0.493 e. The quantitative estimate of drug-likeness (QED) is 0.867. The summed E-state index contributed by atoms with van der Waals surface area (Å²) in [4.78, 5) is 0. The SMILES string of the molecule is CNC(c1c(OC)cnn1C)C1(OC)CCCC1. The highest BCUT2D eigenvalue weighted by molar-refractivity contribution is 5.31. The zero-order valence-corrected chi connectivity index (χ0v) is 11.7. The minimum absolute atomic E-state index is 0.104. The Kier molecular flexibility index (Phi) is 3.92. The van der Waals surface area contributed by atoms with Crippen molar-refractivity contribution in [1.29, 1.82) is 0 Å². The van der Waals surface area contributed by atoms with Crippen LogP contribution in [0.2, 0.25) is 0 Å². The van der Waals surface area contributed by atoms with Crippen molar-refractivity contribution in [2.24, 2.45) is 7.05 Å². The maximum absolute atomic E-state index is 5.87. The number of hydrogen-bond acceptors (Lipinski definition) is 4. The van der Waals surface area contributed by atoms with Gasteiger partial charge >= 0.3 is 0 Å². The van der Waals surface area contributed by atoms with Crippen LogP contribution < -0.4 is 10.1 Å². The number of likely N-dealkylation sites (N-methyl/N-ethyl adjacent to an activating group) is 1. The van der Waals surface area contributed by atoms with E-state index in [1.807, 2.05) is 18.8 Å². The van der Waals surface area contributed by atoms with E-state index in [0.29, 0.717) is 0 Å². The second kappa shape index (κ2) is 5.28. The van der Waals surface area contributed by atoms with Crippen LogP contribution in [-0.2, 0) is 11.8 Å². The molecule has 1 saturated carbocycles. The van der Waals surface area contributed by atoms with Gasteiger partial charge in [-0.15, -0.1) is 0 Å². The third kappa shape index (κ3) is 2.01. The zero-order chi connectivity index (χ0) is 13.2. The minimum Gasteiger partial charge on any atom is -0.493 e. The molecule has 0 saturated heterocycles. The van der Waals surface area contributed by atoms with Crippen molar-refractivity contribution in [3.8, 4) is 5.75 Å². The molecule has 18 heavy (non-hydrogen) atoms. The van der Waals surface area contributed by atoms with Crippen molar-refractivity contribution in [3.05, 3.63) is 11.9 Å². The second-order valence-electron chi connectivity index (χ2n) is 4.92. The average Bonchev–Trinajstić information content (AvgIpc) is 3.00. The molecule has 1 unspecified atom stereocenters. The summed E-state index contributed by atoms with van der Waals surface area (Å²) in [5, 5.41) is 7.68. The fourth-order valence-corrected chi connectivity index (χ4v) is 3.15. The summed E-state index contributed by atoms with van der Waals surface area (Å²) in [5.41, 5.74) is 0.916. The molecular weight excluding hydrogens is 230 g/mol. The molecule has 2 rings (SSSR count). The third-order valence-corrected chi connectivity index (χ3v) is 4.11. The summed E-state index contributed by atoms with van der Waals surface area (Å²) in [6, 6.07) is 0.104. The highest BCUT2D eigenvalue weighted by Gasteiger charge is 2.44. The van der Waals surface area contributed by atoms with E-state index in [-0.39, 0.29) is 11.6 Å². The van der Waals surface area contributed by atoms with Crippen LogP contribution in [0.15, 0.2) is 6.20 Å². The molecule has 102 valence electrons. The number of aryl methyl sites for hydroxylation is 1. The van der Waals surface area contributed by atoms with Gasteiger partial charge in [0.25, 0.3) is 0 Å². The van der Waals surface area contributed by atoms with Gasteiger partial charge in [-0.2, -0.15) is 5.10 Å². The van der Waals surface area contributed by atoms with Crippen molar-refractivity contribution < 1.29 is 9.47 Å². The molecule has 1 aliphatic carbocycles. The number of nitrogens with one attached hydrogen (secondary N) is 1. The fraction of sp³-hybridized carbons (Fsp3) is 0.769. The Labute approximate surface area is 108 Å². The number of aromatic nitrogens is 2. The van der Waals surface area contributed by atoms with Gasteiger partial charge in [0.05, 0.1) is 30.6 Å². The Hall–Kier alpha value is -1.07. The molecule has 0 amide bonds. The maximum atomic E-state index is 5.87. The first-order valence-electron chi connectivity index (χ1n) is 6.47. The number of nitrogens with zero attached hydrogens (tertiary/aromatic N) is 2. The zero-order valence-electron chi connectivity index (χ0n) is 11.7. The lowest BCUT2D eigenvalue weighted by Gasteiger charge is -2.36. The van der Waals surface area contributed by atoms with Crippen molar-refractivity contribution in [2.75, 3.05) is 21.3 Å². The molecular formula is C13H23N3O2. The van der Waals surface area contributed by atoms with E-state index < -0.39 is 0 Å². The lowest BCUT2D eigenvalue weighted by atomic mass is 9.89. The number of methoxy groups -OCH3 is 2. The summed E-state index contributed by atoms with van der Waals surface area (Å²) < 4.78 is 13.2. The summed E-state index contributed by atoms with van der Waals surface area (Å²) >= 11 is 0. The van der Waals surface area contributed by atoms with Gasteiger partial charge in [-0.1, -0.05) is 12.8 Å². The van der Waals surface area contributed by atoms with Crippen molar-refractivity contribution in [2.45, 2.75) is 37.3 Å². The van der Waals surface area contributed by atoms with Gasteiger partial charge in [0.15, 0.2) is 5.75 Å². The molecule has 0 spiro atoms. The Bertz CT molecular complexity index is 397. The molecule has 1 aromatic rings. The van der Waals surface area contributed by atoms with E-state index in [9.17, 15) is 0 Å². The molecule has 1 aromatic heterocycles. The third-order valence-electron chi connectivity index (χ3n) is 4.11. The normalized spacial score (nSPS) is 20.0. The molecule has 1 heterocycles. The summed E-state index contributed by atoms with van der Waals surface area (Å²) in [5.74, 6) is 0.820. The second-order valence-corrected chi connectivity index (χ2v) is 4.92. The average molecular weight is 253 g/mol. The number of ether oxygens (including phenoxy) is 2. The van der Waals surface area contributed by atoms with E-state index in [4.69, 9.17) is 9.47 Å². The van der Waals surface area contributed by atoms with Gasteiger partial charge in [0.1, 0.15) is 0 Å². The van der Waals surface area contributed by atoms with Crippen LogP contribution in [0, 0.1) is 0 Å². The maximum Gasteiger partial charge on any atom is 0.161 e. The highest BCUT2D eigenvalue weighted by Crippen LogP contribution is 2.44. The first-order valence-corrected chi connectivity index (χ1v) is 6.47. The molecule has 5 heteroatoms. The Morgan fingerprint density at radius 2 is 2.06 bits per heavy atom. The standard InChI is InChI=1S/C13H23N3O2/c1-14-12(13(18-4)7-5-6-8-13)11-10(17-3)9-15-16(11)2/h9,12,14H,5-8H2,1-4H3. The molecule has 1 fully saturated rings.